The van der Waals surface area contributed by atoms with E-state index < -0.39 is 5.54 Å². The number of hydrogen-bond donors (Lipinski definition) is 3. The first-order valence-electron chi connectivity index (χ1n) is 15.9. The summed E-state index contributed by atoms with van der Waals surface area (Å²) in [6.45, 7) is 5.06. The van der Waals surface area contributed by atoms with Crippen LogP contribution in [-0.2, 0) is 37.6 Å². The van der Waals surface area contributed by atoms with Gasteiger partial charge in [-0.2, -0.15) is 0 Å². The minimum Gasteiger partial charge on any atom is -0.354 e. The van der Waals surface area contributed by atoms with Gasteiger partial charge in [-0.05, 0) is 67.7 Å². The van der Waals surface area contributed by atoms with E-state index in [1.165, 1.54) is 0 Å². The standard InChI is InChI=1S/C34H44N6O4/c1-24(2)17-21-40-22-30(41)38-34(18-9-11-25-10-3-4-12-26(25)34)33(44)35-19-7-8-20-39(23-32(40)43)31(42)16-15-29-36-27-13-5-6-14-28(27)37-29/h3-6,10,12-14,24H,7-9,11,15-23H2,1-2H3,(H,35,44)(H,36,37)(H,38,41). The lowest BCUT2D eigenvalue weighted by atomic mass is 9.75. The highest BCUT2D eigenvalue weighted by Gasteiger charge is 2.44. The van der Waals surface area contributed by atoms with Crippen molar-refractivity contribution in [2.24, 2.45) is 5.92 Å². The molecule has 1 saturated heterocycles. The molecule has 1 unspecified atom stereocenters. The second-order valence-corrected chi connectivity index (χ2v) is 12.4. The molecule has 10 heteroatoms. The summed E-state index contributed by atoms with van der Waals surface area (Å²) in [5.41, 5.74) is 2.47. The van der Waals surface area contributed by atoms with Gasteiger partial charge < -0.3 is 25.4 Å². The van der Waals surface area contributed by atoms with Crippen LogP contribution < -0.4 is 10.6 Å². The third-order valence-corrected chi connectivity index (χ3v) is 8.71. The second-order valence-electron chi connectivity index (χ2n) is 12.4. The van der Waals surface area contributed by atoms with Crippen LogP contribution in [0.25, 0.3) is 11.0 Å². The zero-order chi connectivity index (χ0) is 31.1. The van der Waals surface area contributed by atoms with E-state index in [1.54, 1.807) is 9.80 Å². The van der Waals surface area contributed by atoms with E-state index in [-0.39, 0.29) is 43.1 Å². The predicted octanol–water partition coefficient (Wildman–Crippen LogP) is 3.46. The van der Waals surface area contributed by atoms with Crippen LogP contribution in [0.2, 0.25) is 0 Å². The molecule has 1 aromatic heterocycles. The molecule has 0 radical (unpaired) electrons. The molecule has 1 aliphatic carbocycles. The average Bonchev–Trinajstić information content (AvgIpc) is 3.43. The highest BCUT2D eigenvalue weighted by Crippen LogP contribution is 2.36. The maximum absolute atomic E-state index is 13.8. The van der Waals surface area contributed by atoms with E-state index in [2.05, 4.69) is 34.4 Å². The van der Waals surface area contributed by atoms with Gasteiger partial charge in [-0.3, -0.25) is 19.2 Å². The van der Waals surface area contributed by atoms with E-state index in [1.807, 2.05) is 48.5 Å². The maximum Gasteiger partial charge on any atom is 0.250 e. The minimum absolute atomic E-state index is 0.0926. The number of aromatic nitrogens is 2. The summed E-state index contributed by atoms with van der Waals surface area (Å²) in [4.78, 5) is 65.6. The molecule has 1 aliphatic heterocycles. The third-order valence-electron chi connectivity index (χ3n) is 8.71. The van der Waals surface area contributed by atoms with E-state index in [4.69, 9.17) is 0 Å². The number of hydrogen-bond acceptors (Lipinski definition) is 5. The number of nitrogens with one attached hydrogen (secondary N) is 3. The van der Waals surface area contributed by atoms with E-state index in [0.29, 0.717) is 57.7 Å². The first-order valence-corrected chi connectivity index (χ1v) is 15.9. The van der Waals surface area contributed by atoms with Gasteiger partial charge in [0.1, 0.15) is 11.4 Å². The summed E-state index contributed by atoms with van der Waals surface area (Å²) < 4.78 is 0. The molecule has 3 N–H and O–H groups in total. The number of amides is 4. The van der Waals surface area contributed by atoms with Gasteiger partial charge in [0.2, 0.25) is 23.6 Å². The van der Waals surface area contributed by atoms with Gasteiger partial charge in [0.05, 0.1) is 24.1 Å². The minimum atomic E-state index is -1.18. The van der Waals surface area contributed by atoms with E-state index >= 15 is 0 Å². The first kappa shape index (κ1) is 31.2. The Hall–Kier alpha value is -4.21. The van der Waals surface area contributed by atoms with Crippen molar-refractivity contribution in [1.29, 1.82) is 0 Å². The molecule has 2 heterocycles. The van der Waals surface area contributed by atoms with Gasteiger partial charge >= 0.3 is 0 Å². The molecule has 2 aromatic carbocycles. The summed E-state index contributed by atoms with van der Waals surface area (Å²) in [6, 6.07) is 15.5. The number of H-pyrrole nitrogens is 1. The number of nitrogens with zero attached hydrogens (tertiary/aromatic N) is 3. The van der Waals surface area contributed by atoms with Crippen molar-refractivity contribution in [3.8, 4) is 0 Å². The Morgan fingerprint density at radius 1 is 1.00 bits per heavy atom. The third kappa shape index (κ3) is 7.29. The SMILES string of the molecule is CC(C)CCN1CC(=O)NC2(CCCc3ccccc32)C(=O)NCCCCN(C(=O)CCc2nc3ccccc3[nH]2)CC1=O. The molecular formula is C34H44N6O4. The monoisotopic (exact) mass is 600 g/mol. The van der Waals surface area contributed by atoms with Gasteiger partial charge in [-0.15, -0.1) is 0 Å². The van der Waals surface area contributed by atoms with Gasteiger partial charge in [-0.25, -0.2) is 4.98 Å². The summed E-state index contributed by atoms with van der Waals surface area (Å²) in [7, 11) is 0. The van der Waals surface area contributed by atoms with Crippen LogP contribution in [0.3, 0.4) is 0 Å². The average molecular weight is 601 g/mol. The van der Waals surface area contributed by atoms with Crippen molar-refractivity contribution in [3.05, 3.63) is 65.5 Å². The van der Waals surface area contributed by atoms with Crippen LogP contribution in [0.1, 0.15) is 69.3 Å². The molecule has 0 bridgehead atoms. The molecule has 5 rings (SSSR count). The lowest BCUT2D eigenvalue weighted by Crippen LogP contribution is -2.60. The second kappa shape index (κ2) is 14.1. The Kier molecular flexibility index (Phi) is 9.97. The normalized spacial score (nSPS) is 20.4. The van der Waals surface area contributed by atoms with Crippen LogP contribution in [0.15, 0.2) is 48.5 Å². The number of aromatic amines is 1. The lowest BCUT2D eigenvalue weighted by molar-refractivity contribution is -0.143. The summed E-state index contributed by atoms with van der Waals surface area (Å²) >= 11 is 0. The smallest absolute Gasteiger partial charge is 0.250 e. The van der Waals surface area contributed by atoms with Crippen molar-refractivity contribution >= 4 is 34.7 Å². The quantitative estimate of drug-likeness (QED) is 0.400. The number of aryl methyl sites for hydroxylation is 2. The zero-order valence-electron chi connectivity index (χ0n) is 25.9. The highest BCUT2D eigenvalue weighted by atomic mass is 16.2. The Morgan fingerprint density at radius 2 is 1.80 bits per heavy atom. The van der Waals surface area contributed by atoms with Gasteiger partial charge in [0, 0.05) is 32.5 Å². The maximum atomic E-state index is 13.8. The van der Waals surface area contributed by atoms with Crippen molar-refractivity contribution < 1.29 is 19.2 Å². The predicted molar refractivity (Wildman–Crippen MR) is 168 cm³/mol. The molecule has 1 atom stereocenters. The number of rotatable bonds is 6. The Bertz CT molecular complexity index is 1470. The summed E-state index contributed by atoms with van der Waals surface area (Å²) in [5, 5.41) is 6.15. The van der Waals surface area contributed by atoms with Crippen molar-refractivity contribution in [1.82, 2.24) is 30.4 Å². The first-order chi connectivity index (χ1) is 21.2. The van der Waals surface area contributed by atoms with Crippen LogP contribution in [0, 0.1) is 5.92 Å². The molecule has 4 amide bonds. The Labute approximate surface area is 259 Å². The number of fused-ring (bicyclic) bond motifs is 3. The number of benzene rings is 2. The molecule has 44 heavy (non-hydrogen) atoms. The molecule has 3 aromatic rings. The fourth-order valence-corrected chi connectivity index (χ4v) is 6.26. The zero-order valence-corrected chi connectivity index (χ0v) is 25.9. The van der Waals surface area contributed by atoms with E-state index in [9.17, 15) is 19.2 Å². The van der Waals surface area contributed by atoms with Crippen LogP contribution in [0.5, 0.6) is 0 Å². The van der Waals surface area contributed by atoms with Crippen LogP contribution >= 0.6 is 0 Å². The molecule has 1 fully saturated rings. The Balaban J connectivity index is 1.34. The molecule has 234 valence electrons. The van der Waals surface area contributed by atoms with Crippen molar-refractivity contribution in [2.45, 2.75) is 70.8 Å². The number of para-hydroxylation sites is 2. The number of carbonyl (C=O) groups excluding carboxylic acids is 4. The van der Waals surface area contributed by atoms with Crippen LogP contribution in [0.4, 0.5) is 0 Å². The number of imidazole rings is 1. The van der Waals surface area contributed by atoms with Crippen LogP contribution in [-0.4, -0.2) is 76.1 Å². The molecular weight excluding hydrogens is 556 g/mol. The molecule has 10 nitrogen and oxygen atoms in total. The summed E-state index contributed by atoms with van der Waals surface area (Å²) in [5.74, 6) is 0.0353. The Morgan fingerprint density at radius 3 is 2.61 bits per heavy atom. The largest absolute Gasteiger partial charge is 0.354 e. The van der Waals surface area contributed by atoms with Crippen molar-refractivity contribution in [3.63, 3.8) is 0 Å². The van der Waals surface area contributed by atoms with Crippen molar-refractivity contribution in [2.75, 3.05) is 32.7 Å². The number of carbonyl (C=O) groups is 4. The fourth-order valence-electron chi connectivity index (χ4n) is 6.26. The van der Waals surface area contributed by atoms with Gasteiger partial charge in [-0.1, -0.05) is 50.2 Å². The molecule has 1 spiro atoms. The molecule has 2 aliphatic rings. The highest BCUT2D eigenvalue weighted by molar-refractivity contribution is 5.95. The molecule has 0 saturated carbocycles. The lowest BCUT2D eigenvalue weighted by Gasteiger charge is -2.39. The summed E-state index contributed by atoms with van der Waals surface area (Å²) in [6.07, 6.45) is 4.73. The van der Waals surface area contributed by atoms with Gasteiger partial charge in [0.15, 0.2) is 0 Å². The van der Waals surface area contributed by atoms with E-state index in [0.717, 1.165) is 40.8 Å². The van der Waals surface area contributed by atoms with Gasteiger partial charge in [0.25, 0.3) is 0 Å². The fraction of sp³-hybridized carbons (Fsp3) is 0.500. The topological polar surface area (TPSA) is 128 Å².